The van der Waals surface area contributed by atoms with Crippen LogP contribution in [0.15, 0.2) is 87.4 Å². The van der Waals surface area contributed by atoms with Crippen molar-refractivity contribution in [3.63, 3.8) is 0 Å². The molecule has 0 radical (unpaired) electrons. The second kappa shape index (κ2) is 8.43. The summed E-state index contributed by atoms with van der Waals surface area (Å²) in [7, 11) is 0. The number of rotatable bonds is 5. The van der Waals surface area contributed by atoms with Crippen LogP contribution in [-0.4, -0.2) is 19.7 Å². The van der Waals surface area contributed by atoms with Gasteiger partial charge in [-0.3, -0.25) is 9.55 Å². The number of aromatic nitrogens is 4. The number of hydrogen-bond donors (Lipinski definition) is 0. The van der Waals surface area contributed by atoms with Gasteiger partial charge in [-0.05, 0) is 54.8 Å². The molecule has 0 aliphatic rings. The second-order valence-corrected chi connectivity index (χ2v) is 8.42. The largest absolute Gasteiger partial charge is 0.422 e. The summed E-state index contributed by atoms with van der Waals surface area (Å²) < 4.78 is 7.55. The van der Waals surface area contributed by atoms with Gasteiger partial charge < -0.3 is 4.42 Å². The molecule has 3 heterocycles. The molecule has 5 aromatic rings. The molecular weight excluding hydrogens is 420 g/mol. The first kappa shape index (κ1) is 20.2. The third kappa shape index (κ3) is 3.71. The molecule has 0 spiro atoms. The highest BCUT2D eigenvalue weighted by Gasteiger charge is 2.17. The standard InChI is InChI=1S/C25H20N4O2S/c1-16-8-9-21-19(14-22(30)31-23(21)17(16)2)15-32-25-28-27-24(18-10-12-26-13-11-18)29(25)20-6-4-3-5-7-20/h3-14H,15H2,1-2H3. The predicted molar refractivity (Wildman–Crippen MR) is 126 cm³/mol. The number of nitrogens with zero attached hydrogens (tertiary/aromatic N) is 4. The minimum Gasteiger partial charge on any atom is -0.422 e. The van der Waals surface area contributed by atoms with Crippen LogP contribution in [0.1, 0.15) is 16.7 Å². The quantitative estimate of drug-likeness (QED) is 0.271. The van der Waals surface area contributed by atoms with Crippen molar-refractivity contribution >= 4 is 22.7 Å². The Balaban J connectivity index is 1.57. The predicted octanol–water partition coefficient (Wildman–Crippen LogP) is 5.34. The average molecular weight is 441 g/mol. The zero-order valence-electron chi connectivity index (χ0n) is 17.6. The fourth-order valence-corrected chi connectivity index (χ4v) is 4.59. The van der Waals surface area contributed by atoms with Crippen molar-refractivity contribution < 1.29 is 4.42 Å². The average Bonchev–Trinajstić information content (AvgIpc) is 3.25. The first-order chi connectivity index (χ1) is 15.6. The Kier molecular flexibility index (Phi) is 5.33. The van der Waals surface area contributed by atoms with Gasteiger partial charge in [-0.15, -0.1) is 10.2 Å². The highest BCUT2D eigenvalue weighted by atomic mass is 32.2. The van der Waals surface area contributed by atoms with Crippen molar-refractivity contribution in [2.24, 2.45) is 0 Å². The Hall–Kier alpha value is -3.71. The van der Waals surface area contributed by atoms with Crippen LogP contribution in [-0.2, 0) is 5.75 Å². The molecule has 0 amide bonds. The molecule has 158 valence electrons. The molecule has 3 aromatic heterocycles. The number of thioether (sulfide) groups is 1. The first-order valence-electron chi connectivity index (χ1n) is 10.2. The normalized spacial score (nSPS) is 11.2. The molecule has 0 saturated carbocycles. The minimum atomic E-state index is -0.344. The smallest absolute Gasteiger partial charge is 0.336 e. The third-order valence-corrected chi connectivity index (χ3v) is 6.44. The molecule has 0 bridgehead atoms. The summed E-state index contributed by atoms with van der Waals surface area (Å²) in [6.07, 6.45) is 3.48. The zero-order valence-corrected chi connectivity index (χ0v) is 18.5. The molecule has 0 unspecified atom stereocenters. The molecular formula is C25H20N4O2S. The van der Waals surface area contributed by atoms with Crippen LogP contribution < -0.4 is 5.63 Å². The summed E-state index contributed by atoms with van der Waals surface area (Å²) >= 11 is 1.54. The van der Waals surface area contributed by atoms with Crippen LogP contribution in [0, 0.1) is 13.8 Å². The van der Waals surface area contributed by atoms with Crippen LogP contribution in [0.4, 0.5) is 0 Å². The van der Waals surface area contributed by atoms with Gasteiger partial charge in [-0.25, -0.2) is 4.79 Å². The molecule has 5 rings (SSSR count). The summed E-state index contributed by atoms with van der Waals surface area (Å²) in [5, 5.41) is 10.6. The first-order valence-corrected chi connectivity index (χ1v) is 11.2. The molecule has 0 N–H and O–H groups in total. The highest BCUT2D eigenvalue weighted by molar-refractivity contribution is 7.98. The van der Waals surface area contributed by atoms with Crippen molar-refractivity contribution in [2.75, 3.05) is 0 Å². The van der Waals surface area contributed by atoms with Gasteiger partial charge >= 0.3 is 5.63 Å². The Morgan fingerprint density at radius 2 is 1.75 bits per heavy atom. The number of pyridine rings is 1. The van der Waals surface area contributed by atoms with Crippen LogP contribution >= 0.6 is 11.8 Å². The second-order valence-electron chi connectivity index (χ2n) is 7.48. The van der Waals surface area contributed by atoms with Gasteiger partial charge in [0.25, 0.3) is 0 Å². The van der Waals surface area contributed by atoms with E-state index in [1.165, 1.54) is 11.8 Å². The van der Waals surface area contributed by atoms with E-state index < -0.39 is 0 Å². The number of hydrogen-bond acceptors (Lipinski definition) is 6. The van der Waals surface area contributed by atoms with Crippen LogP contribution in [0.2, 0.25) is 0 Å². The van der Waals surface area contributed by atoms with Crippen molar-refractivity contribution in [1.29, 1.82) is 0 Å². The fraction of sp³-hybridized carbons (Fsp3) is 0.120. The van der Waals surface area contributed by atoms with E-state index in [1.807, 2.05) is 66.9 Å². The molecule has 6 nitrogen and oxygen atoms in total. The lowest BCUT2D eigenvalue weighted by atomic mass is 10.0. The highest BCUT2D eigenvalue weighted by Crippen LogP contribution is 2.32. The Morgan fingerprint density at radius 3 is 2.53 bits per heavy atom. The summed E-state index contributed by atoms with van der Waals surface area (Å²) in [5.74, 6) is 1.30. The Morgan fingerprint density at radius 1 is 0.969 bits per heavy atom. The van der Waals surface area contributed by atoms with Gasteiger partial charge in [0.05, 0.1) is 0 Å². The van der Waals surface area contributed by atoms with Crippen LogP contribution in [0.5, 0.6) is 0 Å². The van der Waals surface area contributed by atoms with E-state index in [9.17, 15) is 4.79 Å². The van der Waals surface area contributed by atoms with Gasteiger partial charge in [0.2, 0.25) is 0 Å². The number of benzene rings is 2. The Labute approximate surface area is 189 Å². The maximum absolute atomic E-state index is 12.2. The van der Waals surface area contributed by atoms with E-state index in [0.29, 0.717) is 11.3 Å². The maximum atomic E-state index is 12.2. The number of para-hydroxylation sites is 1. The molecule has 0 atom stereocenters. The molecule has 0 saturated heterocycles. The number of aryl methyl sites for hydroxylation is 2. The number of fused-ring (bicyclic) bond motifs is 1. The fourth-order valence-electron chi connectivity index (χ4n) is 3.65. The molecule has 0 aliphatic heterocycles. The van der Waals surface area contributed by atoms with Crippen LogP contribution in [0.3, 0.4) is 0 Å². The van der Waals surface area contributed by atoms with E-state index in [-0.39, 0.29) is 5.63 Å². The summed E-state index contributed by atoms with van der Waals surface area (Å²) in [4.78, 5) is 16.3. The van der Waals surface area contributed by atoms with Gasteiger partial charge in [0.15, 0.2) is 11.0 Å². The van der Waals surface area contributed by atoms with Crippen LogP contribution in [0.25, 0.3) is 28.0 Å². The van der Waals surface area contributed by atoms with Crippen molar-refractivity contribution in [3.05, 3.63) is 100 Å². The molecule has 0 aliphatic carbocycles. The maximum Gasteiger partial charge on any atom is 0.336 e. The summed E-state index contributed by atoms with van der Waals surface area (Å²) in [5.41, 5.74) is 5.20. The zero-order chi connectivity index (χ0) is 22.1. The minimum absolute atomic E-state index is 0.344. The SMILES string of the molecule is Cc1ccc2c(CSc3nnc(-c4ccncc4)n3-c3ccccc3)cc(=O)oc2c1C. The van der Waals surface area contributed by atoms with E-state index in [1.54, 1.807) is 18.5 Å². The molecule has 0 fully saturated rings. The third-order valence-electron chi connectivity index (χ3n) is 5.46. The van der Waals surface area contributed by atoms with Crippen molar-refractivity contribution in [3.8, 4) is 17.1 Å². The van der Waals surface area contributed by atoms with Gasteiger partial charge in [-0.1, -0.05) is 42.1 Å². The lowest BCUT2D eigenvalue weighted by molar-refractivity contribution is 0.557. The summed E-state index contributed by atoms with van der Waals surface area (Å²) in [6.45, 7) is 3.99. The van der Waals surface area contributed by atoms with E-state index in [2.05, 4.69) is 21.2 Å². The molecule has 32 heavy (non-hydrogen) atoms. The lowest BCUT2D eigenvalue weighted by Crippen LogP contribution is -2.03. The van der Waals surface area contributed by atoms with Gasteiger partial charge in [0.1, 0.15) is 5.58 Å². The van der Waals surface area contributed by atoms with Crippen molar-refractivity contribution in [1.82, 2.24) is 19.7 Å². The Bertz CT molecular complexity index is 1460. The topological polar surface area (TPSA) is 73.8 Å². The van der Waals surface area contributed by atoms with E-state index in [0.717, 1.165) is 44.3 Å². The molecule has 7 heteroatoms. The van der Waals surface area contributed by atoms with E-state index in [4.69, 9.17) is 4.42 Å². The van der Waals surface area contributed by atoms with E-state index >= 15 is 0 Å². The van der Waals surface area contributed by atoms with Gasteiger partial charge in [0, 0.05) is 40.8 Å². The monoisotopic (exact) mass is 440 g/mol. The van der Waals surface area contributed by atoms with Crippen molar-refractivity contribution in [2.45, 2.75) is 24.8 Å². The lowest BCUT2D eigenvalue weighted by Gasteiger charge is -2.11. The molecule has 2 aromatic carbocycles. The van der Waals surface area contributed by atoms with Gasteiger partial charge in [-0.2, -0.15) is 0 Å². The summed E-state index contributed by atoms with van der Waals surface area (Å²) in [6, 6.07) is 19.5.